The molecule has 0 aliphatic rings. The van der Waals surface area contributed by atoms with E-state index in [1.807, 2.05) is 12.1 Å². The zero-order chi connectivity index (χ0) is 13.5. The Hall–Kier alpha value is -1.44. The first-order valence-electron chi connectivity index (χ1n) is 5.96. The van der Waals surface area contributed by atoms with Crippen LogP contribution in [0.1, 0.15) is 5.82 Å². The largest absolute Gasteiger partial charge is 0.383 e. The van der Waals surface area contributed by atoms with Crippen molar-refractivity contribution in [3.8, 4) is 5.69 Å². The van der Waals surface area contributed by atoms with E-state index >= 15 is 0 Å². The summed E-state index contributed by atoms with van der Waals surface area (Å²) in [6.07, 6.45) is 2.05. The first-order chi connectivity index (χ1) is 9.35. The quantitative estimate of drug-likeness (QED) is 0.605. The molecule has 0 saturated carbocycles. The van der Waals surface area contributed by atoms with Gasteiger partial charge in [-0.3, -0.25) is 0 Å². The van der Waals surface area contributed by atoms with E-state index in [9.17, 15) is 0 Å². The van der Waals surface area contributed by atoms with Crippen molar-refractivity contribution in [2.45, 2.75) is 11.4 Å². The van der Waals surface area contributed by atoms with E-state index in [1.54, 1.807) is 23.6 Å². The molecule has 0 amide bonds. The van der Waals surface area contributed by atoms with Crippen LogP contribution < -0.4 is 5.32 Å². The van der Waals surface area contributed by atoms with Gasteiger partial charge in [0.2, 0.25) is 0 Å². The van der Waals surface area contributed by atoms with E-state index in [0.29, 0.717) is 13.2 Å². The van der Waals surface area contributed by atoms with E-state index in [4.69, 9.17) is 4.74 Å². The molecule has 0 bridgehead atoms. The normalized spacial score (nSPS) is 10.8. The Morgan fingerprint density at radius 2 is 2.11 bits per heavy atom. The molecule has 102 valence electrons. The molecule has 7 heteroatoms. The van der Waals surface area contributed by atoms with Crippen molar-refractivity contribution in [1.82, 2.24) is 25.5 Å². The van der Waals surface area contributed by atoms with Crippen LogP contribution in [0.15, 0.2) is 29.2 Å². The van der Waals surface area contributed by atoms with E-state index in [-0.39, 0.29) is 0 Å². The number of nitrogens with zero attached hydrogens (tertiary/aromatic N) is 4. The lowest BCUT2D eigenvalue weighted by Gasteiger charge is -2.06. The lowest BCUT2D eigenvalue weighted by atomic mass is 10.3. The van der Waals surface area contributed by atoms with Crippen LogP contribution in [0.5, 0.6) is 0 Å². The van der Waals surface area contributed by atoms with Crippen molar-refractivity contribution in [2.75, 3.05) is 26.5 Å². The third-order valence-electron chi connectivity index (χ3n) is 2.62. The molecular formula is C12H17N5OS. The summed E-state index contributed by atoms with van der Waals surface area (Å²) < 4.78 is 6.72. The molecule has 0 unspecified atom stereocenters. The van der Waals surface area contributed by atoms with Gasteiger partial charge < -0.3 is 10.1 Å². The van der Waals surface area contributed by atoms with Crippen LogP contribution in [0.3, 0.4) is 0 Å². The fraction of sp³-hybridized carbons (Fsp3) is 0.417. The second-order valence-corrected chi connectivity index (χ2v) is 4.75. The SMILES string of the molecule is COCCNCc1nnnn1-c1ccc(SC)cc1. The lowest BCUT2D eigenvalue weighted by Crippen LogP contribution is -2.21. The fourth-order valence-corrected chi connectivity index (χ4v) is 2.02. The van der Waals surface area contributed by atoms with Gasteiger partial charge in [0.1, 0.15) is 0 Å². The molecule has 1 aromatic heterocycles. The Kier molecular flexibility index (Phi) is 5.31. The van der Waals surface area contributed by atoms with Crippen LogP contribution in [0, 0.1) is 0 Å². The molecule has 0 radical (unpaired) electrons. The van der Waals surface area contributed by atoms with Crippen LogP contribution in [0.25, 0.3) is 5.69 Å². The number of rotatable bonds is 7. The molecular weight excluding hydrogens is 262 g/mol. The number of aromatic nitrogens is 4. The van der Waals surface area contributed by atoms with Gasteiger partial charge in [-0.2, -0.15) is 4.68 Å². The van der Waals surface area contributed by atoms with Crippen LogP contribution >= 0.6 is 11.8 Å². The minimum absolute atomic E-state index is 0.612. The monoisotopic (exact) mass is 279 g/mol. The van der Waals surface area contributed by atoms with Crippen LogP contribution in [0.2, 0.25) is 0 Å². The number of tetrazole rings is 1. The second-order valence-electron chi connectivity index (χ2n) is 3.87. The highest BCUT2D eigenvalue weighted by atomic mass is 32.2. The molecule has 0 atom stereocenters. The molecule has 0 fully saturated rings. The third-order valence-corrected chi connectivity index (χ3v) is 3.36. The van der Waals surface area contributed by atoms with Crippen molar-refractivity contribution < 1.29 is 4.74 Å². The van der Waals surface area contributed by atoms with E-state index in [0.717, 1.165) is 18.1 Å². The minimum Gasteiger partial charge on any atom is -0.383 e. The molecule has 0 spiro atoms. The van der Waals surface area contributed by atoms with Gasteiger partial charge in [-0.25, -0.2) is 0 Å². The van der Waals surface area contributed by atoms with Crippen LogP contribution in [-0.4, -0.2) is 46.7 Å². The summed E-state index contributed by atoms with van der Waals surface area (Å²) in [6, 6.07) is 8.15. The van der Waals surface area contributed by atoms with Gasteiger partial charge in [0.25, 0.3) is 0 Å². The highest BCUT2D eigenvalue weighted by Crippen LogP contribution is 2.17. The van der Waals surface area contributed by atoms with E-state index in [1.165, 1.54) is 4.90 Å². The first-order valence-corrected chi connectivity index (χ1v) is 7.19. The molecule has 0 aliphatic carbocycles. The van der Waals surface area contributed by atoms with Crippen molar-refractivity contribution in [3.63, 3.8) is 0 Å². The zero-order valence-electron chi connectivity index (χ0n) is 11.0. The van der Waals surface area contributed by atoms with Crippen molar-refractivity contribution in [3.05, 3.63) is 30.1 Å². The van der Waals surface area contributed by atoms with Gasteiger partial charge in [0, 0.05) is 18.6 Å². The van der Waals surface area contributed by atoms with Crippen molar-refractivity contribution >= 4 is 11.8 Å². The Morgan fingerprint density at radius 3 is 2.79 bits per heavy atom. The summed E-state index contributed by atoms with van der Waals surface area (Å²) in [4.78, 5) is 1.22. The van der Waals surface area contributed by atoms with E-state index in [2.05, 4.69) is 39.2 Å². The molecule has 1 N–H and O–H groups in total. The summed E-state index contributed by atoms with van der Waals surface area (Å²) in [5.41, 5.74) is 0.964. The maximum Gasteiger partial charge on any atom is 0.170 e. The van der Waals surface area contributed by atoms with E-state index < -0.39 is 0 Å². The Labute approximate surface area is 116 Å². The summed E-state index contributed by atoms with van der Waals surface area (Å²) >= 11 is 1.71. The van der Waals surface area contributed by atoms with Gasteiger partial charge in [-0.1, -0.05) is 0 Å². The Bertz CT molecular complexity index is 499. The van der Waals surface area contributed by atoms with Gasteiger partial charge in [-0.15, -0.1) is 16.9 Å². The average Bonchev–Trinajstić information content (AvgIpc) is 2.92. The first kappa shape index (κ1) is 14.0. The Balaban J connectivity index is 2.05. The highest BCUT2D eigenvalue weighted by Gasteiger charge is 2.07. The average molecular weight is 279 g/mol. The van der Waals surface area contributed by atoms with Crippen LogP contribution in [-0.2, 0) is 11.3 Å². The standard InChI is InChI=1S/C12H17N5OS/c1-18-8-7-13-9-12-14-15-16-17(12)10-3-5-11(19-2)6-4-10/h3-6,13H,7-9H2,1-2H3. The number of hydrogen-bond acceptors (Lipinski definition) is 6. The number of benzene rings is 1. The molecule has 2 aromatic rings. The summed E-state index contributed by atoms with van der Waals surface area (Å²) in [5, 5.41) is 15.0. The van der Waals surface area contributed by atoms with Crippen molar-refractivity contribution in [2.24, 2.45) is 0 Å². The molecule has 19 heavy (non-hydrogen) atoms. The number of methoxy groups -OCH3 is 1. The van der Waals surface area contributed by atoms with Gasteiger partial charge >= 0.3 is 0 Å². The van der Waals surface area contributed by atoms with Gasteiger partial charge in [0.15, 0.2) is 5.82 Å². The van der Waals surface area contributed by atoms with Gasteiger partial charge in [-0.05, 0) is 40.9 Å². The van der Waals surface area contributed by atoms with Crippen LogP contribution in [0.4, 0.5) is 0 Å². The molecule has 1 aromatic carbocycles. The van der Waals surface area contributed by atoms with Crippen molar-refractivity contribution in [1.29, 1.82) is 0 Å². The number of thioether (sulfide) groups is 1. The second kappa shape index (κ2) is 7.22. The number of hydrogen-bond donors (Lipinski definition) is 1. The molecule has 2 rings (SSSR count). The third kappa shape index (κ3) is 3.76. The molecule has 1 heterocycles. The Morgan fingerprint density at radius 1 is 1.32 bits per heavy atom. The lowest BCUT2D eigenvalue weighted by molar-refractivity contribution is 0.199. The zero-order valence-corrected chi connectivity index (χ0v) is 11.9. The summed E-state index contributed by atoms with van der Waals surface area (Å²) in [5.74, 6) is 0.785. The fourth-order valence-electron chi connectivity index (χ4n) is 1.61. The summed E-state index contributed by atoms with van der Waals surface area (Å²) in [7, 11) is 1.68. The molecule has 0 aliphatic heterocycles. The van der Waals surface area contributed by atoms with Gasteiger partial charge in [0.05, 0.1) is 18.8 Å². The smallest absolute Gasteiger partial charge is 0.170 e. The maximum absolute atomic E-state index is 4.98. The summed E-state index contributed by atoms with van der Waals surface area (Å²) in [6.45, 7) is 2.05. The number of nitrogens with one attached hydrogen (secondary N) is 1. The maximum atomic E-state index is 4.98. The minimum atomic E-state index is 0.612. The molecule has 6 nitrogen and oxygen atoms in total. The predicted octanol–water partition coefficient (Wildman–Crippen LogP) is 1.12. The number of ether oxygens (including phenoxy) is 1. The molecule has 0 saturated heterocycles. The topological polar surface area (TPSA) is 64.9 Å². The predicted molar refractivity (Wildman–Crippen MR) is 74.5 cm³/mol. The highest BCUT2D eigenvalue weighted by molar-refractivity contribution is 7.98.